The molecule has 0 aliphatic rings. The van der Waals surface area contributed by atoms with Crippen molar-refractivity contribution in [3.63, 3.8) is 0 Å². The van der Waals surface area contributed by atoms with E-state index in [2.05, 4.69) is 5.32 Å². The number of hydrogen-bond acceptors (Lipinski definition) is 4. The fourth-order valence-corrected chi connectivity index (χ4v) is 2.04. The van der Waals surface area contributed by atoms with Crippen LogP contribution in [0.4, 0.5) is 5.69 Å². The molecule has 1 amide bonds. The number of aliphatic hydroxyl groups is 1. The molecule has 0 aliphatic heterocycles. The van der Waals surface area contributed by atoms with Crippen LogP contribution in [-0.4, -0.2) is 62.8 Å². The standard InChI is InChI=1S/C15H25N3O2/c1-15(20,11-17(2)3)10-16-14(19)12-7-6-8-13(9-12)18(4)5/h6-9,20H,10-11H2,1-5H3,(H,16,19). The molecule has 0 saturated heterocycles. The van der Waals surface area contributed by atoms with Crippen molar-refractivity contribution in [2.45, 2.75) is 12.5 Å². The predicted octanol–water partition coefficient (Wildman–Crippen LogP) is 0.795. The molecular weight excluding hydrogens is 254 g/mol. The number of likely N-dealkylation sites (N-methyl/N-ethyl adjacent to an activating group) is 1. The molecule has 1 aromatic carbocycles. The Morgan fingerprint density at radius 3 is 2.50 bits per heavy atom. The summed E-state index contributed by atoms with van der Waals surface area (Å²) in [5.41, 5.74) is 0.618. The Morgan fingerprint density at radius 1 is 1.30 bits per heavy atom. The molecule has 5 nitrogen and oxygen atoms in total. The molecule has 0 radical (unpaired) electrons. The molecule has 1 rings (SSSR count). The van der Waals surface area contributed by atoms with Crippen LogP contribution in [0.2, 0.25) is 0 Å². The lowest BCUT2D eigenvalue weighted by Gasteiger charge is -2.27. The zero-order valence-electron chi connectivity index (χ0n) is 13.0. The molecule has 1 aromatic rings. The van der Waals surface area contributed by atoms with Gasteiger partial charge in [-0.2, -0.15) is 0 Å². The van der Waals surface area contributed by atoms with E-state index in [0.29, 0.717) is 12.1 Å². The molecule has 1 atom stereocenters. The summed E-state index contributed by atoms with van der Waals surface area (Å²) >= 11 is 0. The maximum Gasteiger partial charge on any atom is 0.251 e. The van der Waals surface area contributed by atoms with Gasteiger partial charge in [0.15, 0.2) is 0 Å². The molecule has 0 heterocycles. The first kappa shape index (κ1) is 16.5. The van der Waals surface area contributed by atoms with Crippen LogP contribution in [0.1, 0.15) is 17.3 Å². The Balaban J connectivity index is 2.65. The van der Waals surface area contributed by atoms with Crippen LogP contribution in [0.25, 0.3) is 0 Å². The van der Waals surface area contributed by atoms with E-state index < -0.39 is 5.60 Å². The molecule has 0 spiro atoms. The summed E-state index contributed by atoms with van der Waals surface area (Å²) in [6, 6.07) is 7.39. The lowest BCUT2D eigenvalue weighted by atomic mass is 10.1. The highest BCUT2D eigenvalue weighted by Crippen LogP contribution is 2.13. The first-order valence-electron chi connectivity index (χ1n) is 6.64. The van der Waals surface area contributed by atoms with Crippen LogP contribution in [-0.2, 0) is 0 Å². The fourth-order valence-electron chi connectivity index (χ4n) is 2.04. The Bertz CT molecular complexity index is 456. The van der Waals surface area contributed by atoms with Crippen LogP contribution in [0, 0.1) is 0 Å². The van der Waals surface area contributed by atoms with Crippen molar-refractivity contribution in [1.29, 1.82) is 0 Å². The quantitative estimate of drug-likeness (QED) is 0.808. The summed E-state index contributed by atoms with van der Waals surface area (Å²) in [6.45, 7) is 2.42. The second-order valence-corrected chi connectivity index (χ2v) is 5.86. The molecule has 5 heteroatoms. The van der Waals surface area contributed by atoms with E-state index in [1.54, 1.807) is 13.0 Å². The molecule has 0 bridgehead atoms. The van der Waals surface area contributed by atoms with Crippen molar-refractivity contribution >= 4 is 11.6 Å². The highest BCUT2D eigenvalue weighted by Gasteiger charge is 2.22. The van der Waals surface area contributed by atoms with E-state index in [0.717, 1.165) is 5.69 Å². The average molecular weight is 279 g/mol. The van der Waals surface area contributed by atoms with Gasteiger partial charge in [0.25, 0.3) is 5.91 Å². The maximum atomic E-state index is 12.1. The van der Waals surface area contributed by atoms with Crippen LogP contribution < -0.4 is 10.2 Å². The van der Waals surface area contributed by atoms with Gasteiger partial charge in [0.05, 0.1) is 5.60 Å². The monoisotopic (exact) mass is 279 g/mol. The van der Waals surface area contributed by atoms with Gasteiger partial charge >= 0.3 is 0 Å². The van der Waals surface area contributed by atoms with Crippen molar-refractivity contribution in [3.05, 3.63) is 29.8 Å². The van der Waals surface area contributed by atoms with E-state index >= 15 is 0 Å². The van der Waals surface area contributed by atoms with Gasteiger partial charge in [-0.05, 0) is 39.2 Å². The van der Waals surface area contributed by atoms with E-state index in [4.69, 9.17) is 0 Å². The third kappa shape index (κ3) is 5.19. The second-order valence-electron chi connectivity index (χ2n) is 5.86. The van der Waals surface area contributed by atoms with Gasteiger partial charge in [-0.15, -0.1) is 0 Å². The minimum Gasteiger partial charge on any atom is -0.387 e. The zero-order chi connectivity index (χ0) is 15.3. The first-order chi connectivity index (χ1) is 9.21. The molecule has 0 aromatic heterocycles. The highest BCUT2D eigenvalue weighted by molar-refractivity contribution is 5.95. The Hall–Kier alpha value is -1.59. The zero-order valence-corrected chi connectivity index (χ0v) is 13.0. The summed E-state index contributed by atoms with van der Waals surface area (Å²) in [5, 5.41) is 12.9. The lowest BCUT2D eigenvalue weighted by Crippen LogP contribution is -2.47. The summed E-state index contributed by atoms with van der Waals surface area (Å²) in [4.78, 5) is 15.9. The Kier molecular flexibility index (Phi) is 5.53. The number of carbonyl (C=O) groups excluding carboxylic acids is 1. The molecular formula is C15H25N3O2. The van der Waals surface area contributed by atoms with Crippen molar-refractivity contribution in [2.75, 3.05) is 46.2 Å². The topological polar surface area (TPSA) is 55.8 Å². The van der Waals surface area contributed by atoms with Crippen molar-refractivity contribution < 1.29 is 9.90 Å². The van der Waals surface area contributed by atoms with E-state index in [9.17, 15) is 9.90 Å². The summed E-state index contributed by atoms with van der Waals surface area (Å²) < 4.78 is 0. The summed E-state index contributed by atoms with van der Waals surface area (Å²) in [7, 11) is 7.63. The SMILES string of the molecule is CN(C)CC(C)(O)CNC(=O)c1cccc(N(C)C)c1. The van der Waals surface area contributed by atoms with Crippen LogP contribution in [0.15, 0.2) is 24.3 Å². The predicted molar refractivity (Wildman–Crippen MR) is 82.3 cm³/mol. The minimum absolute atomic E-state index is 0.173. The largest absolute Gasteiger partial charge is 0.387 e. The van der Waals surface area contributed by atoms with Gasteiger partial charge in [-0.1, -0.05) is 6.07 Å². The first-order valence-corrected chi connectivity index (χ1v) is 6.64. The smallest absolute Gasteiger partial charge is 0.251 e. The van der Waals surface area contributed by atoms with Crippen molar-refractivity contribution in [1.82, 2.24) is 10.2 Å². The number of rotatable bonds is 6. The molecule has 20 heavy (non-hydrogen) atoms. The van der Waals surface area contributed by atoms with Gasteiger partial charge in [-0.3, -0.25) is 4.79 Å². The Morgan fingerprint density at radius 2 is 1.95 bits per heavy atom. The number of anilines is 1. The van der Waals surface area contributed by atoms with Gasteiger partial charge in [0.1, 0.15) is 0 Å². The molecule has 0 aliphatic carbocycles. The van der Waals surface area contributed by atoms with Crippen LogP contribution in [0.5, 0.6) is 0 Å². The second kappa shape index (κ2) is 6.72. The minimum atomic E-state index is -0.946. The Labute approximate surface area is 121 Å². The number of hydrogen-bond donors (Lipinski definition) is 2. The fraction of sp³-hybridized carbons (Fsp3) is 0.533. The van der Waals surface area contributed by atoms with Gasteiger partial charge in [0, 0.05) is 38.4 Å². The van der Waals surface area contributed by atoms with E-state index in [1.807, 2.05) is 56.2 Å². The highest BCUT2D eigenvalue weighted by atomic mass is 16.3. The summed E-state index contributed by atoms with van der Waals surface area (Å²) in [5.74, 6) is -0.173. The third-order valence-corrected chi connectivity index (χ3v) is 2.91. The molecule has 0 fully saturated rings. The third-order valence-electron chi connectivity index (χ3n) is 2.91. The number of nitrogens with zero attached hydrogens (tertiary/aromatic N) is 2. The molecule has 112 valence electrons. The number of nitrogens with one attached hydrogen (secondary N) is 1. The van der Waals surface area contributed by atoms with Crippen LogP contribution >= 0.6 is 0 Å². The van der Waals surface area contributed by atoms with Gasteiger partial charge in [-0.25, -0.2) is 0 Å². The molecule has 0 saturated carbocycles. The molecule has 2 N–H and O–H groups in total. The van der Waals surface area contributed by atoms with E-state index in [-0.39, 0.29) is 12.5 Å². The van der Waals surface area contributed by atoms with E-state index in [1.165, 1.54) is 0 Å². The maximum absolute atomic E-state index is 12.1. The lowest BCUT2D eigenvalue weighted by molar-refractivity contribution is 0.0326. The van der Waals surface area contributed by atoms with Gasteiger partial charge < -0.3 is 20.2 Å². The van der Waals surface area contributed by atoms with Crippen molar-refractivity contribution in [3.8, 4) is 0 Å². The number of amides is 1. The number of carbonyl (C=O) groups is 1. The van der Waals surface area contributed by atoms with Crippen LogP contribution in [0.3, 0.4) is 0 Å². The molecule has 1 unspecified atom stereocenters. The summed E-state index contributed by atoms with van der Waals surface area (Å²) in [6.07, 6.45) is 0. The normalized spacial score (nSPS) is 13.9. The van der Waals surface area contributed by atoms with Gasteiger partial charge in [0.2, 0.25) is 0 Å². The van der Waals surface area contributed by atoms with Crippen molar-refractivity contribution in [2.24, 2.45) is 0 Å². The number of benzene rings is 1. The average Bonchev–Trinajstić information content (AvgIpc) is 2.34.